The number of benzene rings is 2. The van der Waals surface area contributed by atoms with E-state index in [9.17, 15) is 9.59 Å². The maximum absolute atomic E-state index is 12.3. The number of thiophene rings is 1. The molecule has 4 nitrogen and oxygen atoms in total. The Labute approximate surface area is 148 Å². The number of amides is 1. The highest BCUT2D eigenvalue weighted by atomic mass is 35.5. The topological polar surface area (TPSA) is 55.4 Å². The second kappa shape index (κ2) is 7.03. The van der Waals surface area contributed by atoms with E-state index in [1.807, 2.05) is 42.5 Å². The van der Waals surface area contributed by atoms with Crippen LogP contribution in [0.1, 0.15) is 16.6 Å². The monoisotopic (exact) mass is 359 g/mol. The van der Waals surface area contributed by atoms with Crippen molar-refractivity contribution < 1.29 is 14.3 Å². The highest BCUT2D eigenvalue weighted by molar-refractivity contribution is 7.17. The number of carbonyl (C=O) groups excluding carboxylic acids is 2. The average Bonchev–Trinajstić information content (AvgIpc) is 3.01. The maximum Gasteiger partial charge on any atom is 0.349 e. The summed E-state index contributed by atoms with van der Waals surface area (Å²) in [6.45, 7) is 1.54. The fraction of sp³-hybridized carbons (Fsp3) is 0.111. The van der Waals surface area contributed by atoms with E-state index in [1.165, 1.54) is 6.92 Å². The Morgan fingerprint density at radius 2 is 1.83 bits per heavy atom. The normalized spacial score (nSPS) is 11.9. The summed E-state index contributed by atoms with van der Waals surface area (Å²) in [5, 5.41) is 4.76. The van der Waals surface area contributed by atoms with Crippen LogP contribution in [0.2, 0.25) is 4.34 Å². The van der Waals surface area contributed by atoms with Gasteiger partial charge in [-0.15, -0.1) is 11.3 Å². The SMILES string of the molecule is C[C@@H](OC(=O)c1ccc(Cl)s1)C(=O)Nc1cccc2ccccc12. The molecule has 0 aliphatic heterocycles. The number of halogens is 1. The van der Waals surface area contributed by atoms with Crippen LogP contribution < -0.4 is 5.32 Å². The number of rotatable bonds is 4. The predicted molar refractivity (Wildman–Crippen MR) is 96.8 cm³/mol. The van der Waals surface area contributed by atoms with Gasteiger partial charge in [-0.2, -0.15) is 0 Å². The van der Waals surface area contributed by atoms with Crippen LogP contribution in [-0.2, 0) is 9.53 Å². The van der Waals surface area contributed by atoms with Gasteiger partial charge in [-0.05, 0) is 30.5 Å². The van der Waals surface area contributed by atoms with Gasteiger partial charge < -0.3 is 10.1 Å². The average molecular weight is 360 g/mol. The fourth-order valence-corrected chi connectivity index (χ4v) is 3.19. The standard InChI is InChI=1S/C18H14ClNO3S/c1-11(23-18(22)15-9-10-16(19)24-15)17(21)20-14-8-4-6-12-5-2-3-7-13(12)14/h2-11H,1H3,(H,20,21)/t11-/m1/s1. The lowest BCUT2D eigenvalue weighted by Crippen LogP contribution is -2.29. The molecule has 1 N–H and O–H groups in total. The smallest absolute Gasteiger partial charge is 0.349 e. The molecule has 1 amide bonds. The predicted octanol–water partition coefficient (Wildman–Crippen LogP) is 4.74. The van der Waals surface area contributed by atoms with Crippen molar-refractivity contribution in [1.82, 2.24) is 0 Å². The molecule has 0 fully saturated rings. The van der Waals surface area contributed by atoms with Crippen molar-refractivity contribution in [3.05, 3.63) is 63.8 Å². The van der Waals surface area contributed by atoms with E-state index in [0.717, 1.165) is 22.1 Å². The molecule has 6 heteroatoms. The van der Waals surface area contributed by atoms with Crippen LogP contribution in [-0.4, -0.2) is 18.0 Å². The van der Waals surface area contributed by atoms with Crippen LogP contribution in [0.3, 0.4) is 0 Å². The molecule has 0 aliphatic carbocycles. The van der Waals surface area contributed by atoms with Gasteiger partial charge in [0, 0.05) is 11.1 Å². The molecule has 1 heterocycles. The molecule has 1 aromatic heterocycles. The van der Waals surface area contributed by atoms with E-state index in [-0.39, 0.29) is 5.91 Å². The summed E-state index contributed by atoms with van der Waals surface area (Å²) in [6, 6.07) is 16.6. The van der Waals surface area contributed by atoms with Gasteiger partial charge in [-0.25, -0.2) is 4.79 Å². The van der Waals surface area contributed by atoms with Gasteiger partial charge in [-0.3, -0.25) is 4.79 Å². The Morgan fingerprint density at radius 3 is 2.58 bits per heavy atom. The summed E-state index contributed by atoms with van der Waals surface area (Å²) in [4.78, 5) is 24.7. The molecule has 3 aromatic rings. The molecule has 24 heavy (non-hydrogen) atoms. The van der Waals surface area contributed by atoms with E-state index in [2.05, 4.69) is 5.32 Å². The molecule has 0 radical (unpaired) electrons. The van der Waals surface area contributed by atoms with Crippen LogP contribution >= 0.6 is 22.9 Å². The van der Waals surface area contributed by atoms with Gasteiger partial charge in [0.2, 0.25) is 0 Å². The number of ether oxygens (including phenoxy) is 1. The Hall–Kier alpha value is -2.37. The lowest BCUT2D eigenvalue weighted by Gasteiger charge is -2.14. The summed E-state index contributed by atoms with van der Waals surface area (Å²) in [7, 11) is 0. The molecular formula is C18H14ClNO3S. The minimum atomic E-state index is -0.919. The number of hydrogen-bond donors (Lipinski definition) is 1. The van der Waals surface area contributed by atoms with E-state index in [4.69, 9.17) is 16.3 Å². The molecule has 0 saturated carbocycles. The van der Waals surface area contributed by atoms with Crippen LogP contribution in [0.25, 0.3) is 10.8 Å². The Balaban J connectivity index is 1.71. The van der Waals surface area contributed by atoms with Gasteiger partial charge in [0.05, 0.1) is 4.34 Å². The molecule has 0 aliphatic rings. The number of hydrogen-bond acceptors (Lipinski definition) is 4. The first-order chi connectivity index (χ1) is 11.5. The second-order valence-corrected chi connectivity index (χ2v) is 6.88. The molecule has 3 rings (SSSR count). The first-order valence-electron chi connectivity index (χ1n) is 7.29. The summed E-state index contributed by atoms with van der Waals surface area (Å²) in [5.41, 5.74) is 0.681. The van der Waals surface area contributed by atoms with Crippen LogP contribution in [0.4, 0.5) is 5.69 Å². The first kappa shape index (κ1) is 16.5. The third kappa shape index (κ3) is 3.58. The van der Waals surface area contributed by atoms with Crippen molar-refractivity contribution >= 4 is 51.3 Å². The van der Waals surface area contributed by atoms with Crippen LogP contribution in [0.15, 0.2) is 54.6 Å². The molecular weight excluding hydrogens is 346 g/mol. The van der Waals surface area contributed by atoms with Gasteiger partial charge >= 0.3 is 5.97 Å². The van der Waals surface area contributed by atoms with Gasteiger partial charge in [-0.1, -0.05) is 48.0 Å². The number of esters is 1. The van der Waals surface area contributed by atoms with Crippen LogP contribution in [0.5, 0.6) is 0 Å². The quantitative estimate of drug-likeness (QED) is 0.684. The highest BCUT2D eigenvalue weighted by Crippen LogP contribution is 2.24. The summed E-state index contributed by atoms with van der Waals surface area (Å²) in [6.07, 6.45) is -0.919. The molecule has 0 spiro atoms. The van der Waals surface area contributed by atoms with E-state index in [0.29, 0.717) is 14.9 Å². The van der Waals surface area contributed by atoms with Crippen molar-refractivity contribution in [2.75, 3.05) is 5.32 Å². The van der Waals surface area contributed by atoms with Gasteiger partial charge in [0.15, 0.2) is 6.10 Å². The summed E-state index contributed by atoms with van der Waals surface area (Å²) in [5.74, 6) is -0.949. The Morgan fingerprint density at radius 1 is 1.08 bits per heavy atom. The molecule has 1 atom stereocenters. The molecule has 122 valence electrons. The number of anilines is 1. The maximum atomic E-state index is 12.3. The zero-order valence-electron chi connectivity index (χ0n) is 12.8. The number of fused-ring (bicyclic) bond motifs is 1. The highest BCUT2D eigenvalue weighted by Gasteiger charge is 2.20. The summed E-state index contributed by atoms with van der Waals surface area (Å²) >= 11 is 6.91. The van der Waals surface area contributed by atoms with E-state index in [1.54, 1.807) is 12.1 Å². The summed E-state index contributed by atoms with van der Waals surface area (Å²) < 4.78 is 5.69. The Bertz CT molecular complexity index is 901. The lowest BCUT2D eigenvalue weighted by molar-refractivity contribution is -0.123. The zero-order valence-corrected chi connectivity index (χ0v) is 14.4. The number of nitrogens with one attached hydrogen (secondary N) is 1. The van der Waals surface area contributed by atoms with Crippen molar-refractivity contribution in [3.63, 3.8) is 0 Å². The van der Waals surface area contributed by atoms with Crippen LogP contribution in [0, 0.1) is 0 Å². The van der Waals surface area contributed by atoms with Crippen molar-refractivity contribution in [2.24, 2.45) is 0 Å². The first-order valence-corrected chi connectivity index (χ1v) is 8.49. The van der Waals surface area contributed by atoms with Crippen molar-refractivity contribution in [2.45, 2.75) is 13.0 Å². The number of carbonyl (C=O) groups is 2. The third-order valence-corrected chi connectivity index (χ3v) is 4.69. The Kier molecular flexibility index (Phi) is 4.83. The fourth-order valence-electron chi connectivity index (χ4n) is 2.26. The zero-order chi connectivity index (χ0) is 17.1. The second-order valence-electron chi connectivity index (χ2n) is 5.17. The third-order valence-electron chi connectivity index (χ3n) is 3.47. The van der Waals surface area contributed by atoms with E-state index >= 15 is 0 Å². The molecule has 0 bridgehead atoms. The van der Waals surface area contributed by atoms with E-state index < -0.39 is 12.1 Å². The molecule has 2 aromatic carbocycles. The minimum absolute atomic E-state index is 0.366. The molecule has 0 unspecified atom stereocenters. The van der Waals surface area contributed by atoms with Gasteiger partial charge in [0.25, 0.3) is 5.91 Å². The van der Waals surface area contributed by atoms with Crippen molar-refractivity contribution in [1.29, 1.82) is 0 Å². The lowest BCUT2D eigenvalue weighted by atomic mass is 10.1. The van der Waals surface area contributed by atoms with Crippen molar-refractivity contribution in [3.8, 4) is 0 Å². The largest absolute Gasteiger partial charge is 0.448 e. The molecule has 0 saturated heterocycles. The minimum Gasteiger partial charge on any atom is -0.448 e. The van der Waals surface area contributed by atoms with Gasteiger partial charge in [0.1, 0.15) is 4.88 Å².